The van der Waals surface area contributed by atoms with Crippen molar-refractivity contribution in [1.82, 2.24) is 10.2 Å². The number of anilines is 1. The number of hydrogen-bond acceptors (Lipinski definition) is 6. The zero-order valence-corrected chi connectivity index (χ0v) is 14.8. The summed E-state index contributed by atoms with van der Waals surface area (Å²) in [5.74, 6) is 1.80. The van der Waals surface area contributed by atoms with E-state index >= 15 is 0 Å². The lowest BCUT2D eigenvalue weighted by atomic mass is 10.2. The highest BCUT2D eigenvalue weighted by Gasteiger charge is 2.08. The highest BCUT2D eigenvalue weighted by molar-refractivity contribution is 8.01. The zero-order chi connectivity index (χ0) is 15.8. The van der Waals surface area contributed by atoms with E-state index in [1.807, 2.05) is 24.3 Å². The minimum absolute atomic E-state index is 0.0801. The van der Waals surface area contributed by atoms with Gasteiger partial charge in [0.15, 0.2) is 4.34 Å². The largest absolute Gasteiger partial charge is 0.300 e. The predicted octanol–water partition coefficient (Wildman–Crippen LogP) is 4.34. The Morgan fingerprint density at radius 2 is 2.32 bits per heavy atom. The van der Waals surface area contributed by atoms with Gasteiger partial charge in [-0.15, -0.1) is 28.5 Å². The van der Waals surface area contributed by atoms with Crippen LogP contribution in [0.5, 0.6) is 0 Å². The Balaban J connectivity index is 1.73. The maximum Gasteiger partial charge on any atom is 0.236 e. The van der Waals surface area contributed by atoms with E-state index in [1.54, 1.807) is 17.8 Å². The van der Waals surface area contributed by atoms with Gasteiger partial charge in [0.25, 0.3) is 0 Å². The van der Waals surface area contributed by atoms with E-state index in [1.165, 1.54) is 23.1 Å². The third-order valence-electron chi connectivity index (χ3n) is 2.37. The highest BCUT2D eigenvalue weighted by atomic mass is 35.5. The molecule has 0 saturated heterocycles. The van der Waals surface area contributed by atoms with Gasteiger partial charge in [-0.1, -0.05) is 52.9 Å². The Morgan fingerprint density at radius 3 is 3.09 bits per heavy atom. The zero-order valence-electron chi connectivity index (χ0n) is 11.6. The molecule has 0 aliphatic rings. The van der Waals surface area contributed by atoms with Crippen molar-refractivity contribution in [1.29, 1.82) is 0 Å². The van der Waals surface area contributed by atoms with Crippen LogP contribution in [0.15, 0.2) is 41.3 Å². The SMILES string of the molecule is C=CCSc1nnc(NC(=O)CSCc2cccc(Cl)c2)s1. The van der Waals surface area contributed by atoms with Crippen molar-refractivity contribution in [3.05, 3.63) is 47.5 Å². The molecule has 8 heteroatoms. The number of nitrogens with zero attached hydrogens (tertiary/aromatic N) is 2. The number of benzene rings is 1. The summed E-state index contributed by atoms with van der Waals surface area (Å²) in [6, 6.07) is 7.63. The Kier molecular flexibility index (Phi) is 7.24. The van der Waals surface area contributed by atoms with Gasteiger partial charge in [0, 0.05) is 16.5 Å². The summed E-state index contributed by atoms with van der Waals surface area (Å²) < 4.78 is 0.821. The lowest BCUT2D eigenvalue weighted by Gasteiger charge is -2.02. The van der Waals surface area contributed by atoms with Crippen molar-refractivity contribution in [2.75, 3.05) is 16.8 Å². The van der Waals surface area contributed by atoms with Gasteiger partial charge in [-0.25, -0.2) is 0 Å². The molecule has 0 unspecified atom stereocenters. The molecule has 116 valence electrons. The first-order valence-electron chi connectivity index (χ1n) is 6.36. The normalized spacial score (nSPS) is 10.4. The number of halogens is 1. The molecular weight excluding hydrogens is 358 g/mol. The van der Waals surface area contributed by atoms with Crippen LogP contribution >= 0.6 is 46.5 Å². The van der Waals surface area contributed by atoms with Crippen molar-refractivity contribution in [2.45, 2.75) is 10.1 Å². The summed E-state index contributed by atoms with van der Waals surface area (Å²) in [6.45, 7) is 3.65. The van der Waals surface area contributed by atoms with Crippen molar-refractivity contribution in [2.24, 2.45) is 0 Å². The standard InChI is InChI=1S/C14H14ClN3OS3/c1-2-6-21-14-18-17-13(22-14)16-12(19)9-20-8-10-4-3-5-11(15)7-10/h2-5,7H,1,6,8-9H2,(H,16,17,19). The third kappa shape index (κ3) is 6.00. The first-order valence-corrected chi connectivity index (χ1v) is 9.70. The van der Waals surface area contributed by atoms with Gasteiger partial charge >= 0.3 is 0 Å². The van der Waals surface area contributed by atoms with Crippen molar-refractivity contribution < 1.29 is 4.79 Å². The number of aromatic nitrogens is 2. The Hall–Kier alpha value is -1.02. The molecule has 0 saturated carbocycles. The minimum Gasteiger partial charge on any atom is -0.300 e. The molecule has 1 amide bonds. The van der Waals surface area contributed by atoms with Gasteiger partial charge in [0.05, 0.1) is 5.75 Å². The van der Waals surface area contributed by atoms with Gasteiger partial charge in [0.1, 0.15) is 0 Å². The number of nitrogens with one attached hydrogen (secondary N) is 1. The van der Waals surface area contributed by atoms with E-state index in [-0.39, 0.29) is 5.91 Å². The lowest BCUT2D eigenvalue weighted by Crippen LogP contribution is -2.13. The Bertz CT molecular complexity index is 648. The molecule has 2 aromatic rings. The summed E-state index contributed by atoms with van der Waals surface area (Å²) in [5, 5.41) is 11.9. The van der Waals surface area contributed by atoms with Crippen molar-refractivity contribution in [3.63, 3.8) is 0 Å². The van der Waals surface area contributed by atoms with Gasteiger partial charge in [-0.05, 0) is 17.7 Å². The molecule has 0 aliphatic carbocycles. The van der Waals surface area contributed by atoms with Gasteiger partial charge < -0.3 is 0 Å². The Morgan fingerprint density at radius 1 is 1.45 bits per heavy atom. The lowest BCUT2D eigenvalue weighted by molar-refractivity contribution is -0.113. The molecule has 1 N–H and O–H groups in total. The molecule has 0 radical (unpaired) electrons. The van der Waals surface area contributed by atoms with E-state index in [2.05, 4.69) is 22.1 Å². The highest BCUT2D eigenvalue weighted by Crippen LogP contribution is 2.25. The van der Waals surface area contributed by atoms with Crippen LogP contribution in [0.3, 0.4) is 0 Å². The maximum atomic E-state index is 11.9. The molecular formula is C14H14ClN3OS3. The fourth-order valence-electron chi connectivity index (χ4n) is 1.49. The number of rotatable bonds is 8. The van der Waals surface area contributed by atoms with E-state index < -0.39 is 0 Å². The molecule has 0 fully saturated rings. The van der Waals surface area contributed by atoms with E-state index in [0.717, 1.165) is 21.4 Å². The number of carbonyl (C=O) groups is 1. The molecule has 1 heterocycles. The van der Waals surface area contributed by atoms with Gasteiger partial charge in [0.2, 0.25) is 11.0 Å². The average Bonchev–Trinajstić information content (AvgIpc) is 2.92. The topological polar surface area (TPSA) is 54.9 Å². The molecule has 22 heavy (non-hydrogen) atoms. The van der Waals surface area contributed by atoms with Crippen LogP contribution in [0.1, 0.15) is 5.56 Å². The molecule has 2 rings (SSSR count). The second-order valence-electron chi connectivity index (χ2n) is 4.14. The summed E-state index contributed by atoms with van der Waals surface area (Å²) in [7, 11) is 0. The summed E-state index contributed by atoms with van der Waals surface area (Å²) in [4.78, 5) is 11.9. The van der Waals surface area contributed by atoms with Crippen LogP contribution in [0, 0.1) is 0 Å². The second-order valence-corrected chi connectivity index (χ2v) is 7.81. The Labute approximate surface area is 146 Å². The third-order valence-corrected chi connectivity index (χ3v) is 5.58. The molecule has 1 aromatic heterocycles. The molecule has 1 aromatic carbocycles. The maximum absolute atomic E-state index is 11.9. The predicted molar refractivity (Wildman–Crippen MR) is 97.1 cm³/mol. The number of amides is 1. The van der Waals surface area contributed by atoms with Crippen molar-refractivity contribution in [3.8, 4) is 0 Å². The van der Waals surface area contributed by atoms with E-state index in [4.69, 9.17) is 11.6 Å². The molecule has 0 atom stereocenters. The number of hydrogen-bond donors (Lipinski definition) is 1. The fraction of sp³-hybridized carbons (Fsp3) is 0.214. The van der Waals surface area contributed by atoms with E-state index in [0.29, 0.717) is 15.9 Å². The van der Waals surface area contributed by atoms with Crippen LogP contribution in [0.2, 0.25) is 5.02 Å². The molecule has 0 spiro atoms. The molecule has 0 bridgehead atoms. The number of thioether (sulfide) groups is 2. The molecule has 4 nitrogen and oxygen atoms in total. The van der Waals surface area contributed by atoms with Crippen LogP contribution < -0.4 is 5.32 Å². The first kappa shape index (κ1) is 17.3. The average molecular weight is 372 g/mol. The summed E-state index contributed by atoms with van der Waals surface area (Å²) in [5.41, 5.74) is 1.10. The van der Waals surface area contributed by atoms with Crippen LogP contribution in [-0.2, 0) is 10.5 Å². The minimum atomic E-state index is -0.0801. The smallest absolute Gasteiger partial charge is 0.236 e. The van der Waals surface area contributed by atoms with Crippen LogP contribution in [-0.4, -0.2) is 27.6 Å². The number of carbonyl (C=O) groups excluding carboxylic acids is 1. The summed E-state index contributed by atoms with van der Waals surface area (Å²) >= 11 is 10.4. The van der Waals surface area contributed by atoms with Gasteiger partial charge in [-0.2, -0.15) is 0 Å². The van der Waals surface area contributed by atoms with Crippen LogP contribution in [0.4, 0.5) is 5.13 Å². The first-order chi connectivity index (χ1) is 10.7. The van der Waals surface area contributed by atoms with E-state index in [9.17, 15) is 4.79 Å². The quantitative estimate of drug-likeness (QED) is 0.425. The fourth-order valence-corrected chi connectivity index (χ4v) is 4.01. The molecule has 0 aliphatic heterocycles. The summed E-state index contributed by atoms with van der Waals surface area (Å²) in [6.07, 6.45) is 1.80. The monoisotopic (exact) mass is 371 g/mol. The van der Waals surface area contributed by atoms with Crippen molar-refractivity contribution >= 4 is 57.5 Å². The second kappa shape index (κ2) is 9.19. The van der Waals surface area contributed by atoms with Gasteiger partial charge in [-0.3, -0.25) is 10.1 Å². The van der Waals surface area contributed by atoms with Crippen LogP contribution in [0.25, 0.3) is 0 Å².